The third-order valence-corrected chi connectivity index (χ3v) is 10.8. The van der Waals surface area contributed by atoms with Crippen LogP contribution in [0.5, 0.6) is 0 Å². The summed E-state index contributed by atoms with van der Waals surface area (Å²) in [4.78, 5) is 48.3. The average molecular weight is 627 g/mol. The third kappa shape index (κ3) is 7.20. The van der Waals surface area contributed by atoms with Crippen LogP contribution in [0.3, 0.4) is 0 Å². The zero-order valence-electron chi connectivity index (χ0n) is 26.3. The Bertz CT molecular complexity index is 1730. The van der Waals surface area contributed by atoms with Crippen molar-refractivity contribution < 1.29 is 14.7 Å². The van der Waals surface area contributed by atoms with Crippen molar-refractivity contribution in [1.82, 2.24) is 20.2 Å². The molecule has 236 valence electrons. The van der Waals surface area contributed by atoms with Crippen LogP contribution in [0, 0.1) is 17.3 Å². The number of pyridine rings is 2. The van der Waals surface area contributed by atoms with Gasteiger partial charge in [0.05, 0.1) is 16.8 Å². The van der Waals surface area contributed by atoms with E-state index in [2.05, 4.69) is 42.0 Å². The highest BCUT2D eigenvalue weighted by atomic mass is 32.1. The van der Waals surface area contributed by atoms with Crippen molar-refractivity contribution in [2.75, 3.05) is 19.6 Å². The van der Waals surface area contributed by atoms with Crippen molar-refractivity contribution >= 4 is 33.4 Å². The molecule has 0 bridgehead atoms. The number of rotatable bonds is 8. The first-order valence-corrected chi connectivity index (χ1v) is 16.8. The fourth-order valence-electron chi connectivity index (χ4n) is 6.74. The Kier molecular flexibility index (Phi) is 8.93. The van der Waals surface area contributed by atoms with E-state index in [-0.39, 0.29) is 28.8 Å². The maximum Gasteiger partial charge on any atom is 0.306 e. The number of hydrogen-bond donors (Lipinski definition) is 3. The number of benzene rings is 1. The van der Waals surface area contributed by atoms with Crippen LogP contribution in [-0.4, -0.2) is 51.5 Å². The van der Waals surface area contributed by atoms with Crippen LogP contribution in [-0.2, 0) is 17.6 Å². The van der Waals surface area contributed by atoms with E-state index in [1.807, 2.05) is 30.3 Å². The van der Waals surface area contributed by atoms with Gasteiger partial charge in [0.25, 0.3) is 5.91 Å². The molecule has 8 nitrogen and oxygen atoms in total. The lowest BCUT2D eigenvalue weighted by Crippen LogP contribution is -2.38. The molecule has 4 heterocycles. The number of carboxylic acid groups (broad SMARTS) is 1. The van der Waals surface area contributed by atoms with Crippen molar-refractivity contribution in [2.45, 2.75) is 65.3 Å². The van der Waals surface area contributed by atoms with E-state index in [1.54, 1.807) is 12.3 Å². The van der Waals surface area contributed by atoms with Gasteiger partial charge in [-0.15, -0.1) is 11.3 Å². The summed E-state index contributed by atoms with van der Waals surface area (Å²) in [6.45, 7) is 9.18. The van der Waals surface area contributed by atoms with Gasteiger partial charge in [-0.2, -0.15) is 0 Å². The fourth-order valence-corrected chi connectivity index (χ4v) is 7.68. The summed E-state index contributed by atoms with van der Waals surface area (Å²) >= 11 is 1.45. The second kappa shape index (κ2) is 12.9. The van der Waals surface area contributed by atoms with Crippen molar-refractivity contribution in [3.05, 3.63) is 86.8 Å². The number of hydrogen-bond acceptors (Lipinski definition) is 6. The number of H-pyrrole nitrogens is 1. The summed E-state index contributed by atoms with van der Waals surface area (Å²) in [6, 6.07) is 15.4. The Morgan fingerprint density at radius 3 is 2.47 bits per heavy atom. The third-order valence-electron chi connectivity index (χ3n) is 9.73. The molecule has 0 saturated carbocycles. The van der Waals surface area contributed by atoms with E-state index in [1.165, 1.54) is 28.7 Å². The second-order valence-corrected chi connectivity index (χ2v) is 14.8. The molecule has 1 unspecified atom stereocenters. The lowest BCUT2D eigenvalue weighted by Gasteiger charge is -2.34. The topological polar surface area (TPSA) is 115 Å². The molecule has 1 saturated heterocycles. The lowest BCUT2D eigenvalue weighted by atomic mass is 9.71. The molecule has 9 heteroatoms. The number of nitrogens with one attached hydrogen (secondary N) is 2. The Morgan fingerprint density at radius 1 is 1.07 bits per heavy atom. The predicted octanol–water partition coefficient (Wildman–Crippen LogP) is 6.46. The number of carboxylic acids is 1. The standard InChI is InChI=1S/C36H42N4O4S/c1-36(2,3)28-9-10-29-26(19-28)18-27-20-31(45-34(27)39-29)33(42)38-30(14-17-40-15-12-24(13-16-40)35(43)44)23-6-4-22(5-7-23)25-8-11-32(41)37-21-25/h4-8,11,18,20-21,24,28,30H,9-10,12-17,19H2,1-3H3,(H,37,41)(H,38,42)(H,43,44)/t28-,30?/m0/s1. The van der Waals surface area contributed by atoms with Crippen LogP contribution in [0.25, 0.3) is 21.3 Å². The van der Waals surface area contributed by atoms with Gasteiger partial charge in [0, 0.05) is 29.9 Å². The first-order valence-electron chi connectivity index (χ1n) is 16.0. The number of carbonyl (C=O) groups is 2. The Labute approximate surface area is 267 Å². The molecule has 45 heavy (non-hydrogen) atoms. The number of thiophene rings is 1. The van der Waals surface area contributed by atoms with Crippen molar-refractivity contribution in [2.24, 2.45) is 17.3 Å². The molecule has 1 aliphatic carbocycles. The van der Waals surface area contributed by atoms with Crippen molar-refractivity contribution in [3.8, 4) is 11.1 Å². The number of aryl methyl sites for hydroxylation is 1. The molecule has 1 aliphatic heterocycles. The molecule has 1 fully saturated rings. The maximum absolute atomic E-state index is 13.8. The van der Waals surface area contributed by atoms with Gasteiger partial charge in [0.15, 0.2) is 0 Å². The first kappa shape index (κ1) is 31.2. The quantitative estimate of drug-likeness (QED) is 0.207. The van der Waals surface area contributed by atoms with Crippen molar-refractivity contribution in [1.29, 1.82) is 0 Å². The number of piperidine rings is 1. The molecule has 0 spiro atoms. The number of aromatic amines is 1. The molecular weight excluding hydrogens is 584 g/mol. The number of likely N-dealkylation sites (tertiary alicyclic amines) is 1. The summed E-state index contributed by atoms with van der Waals surface area (Å²) in [5.74, 6) is -0.474. The normalized spacial score (nSPS) is 18.4. The second-order valence-electron chi connectivity index (χ2n) is 13.7. The number of fused-ring (bicyclic) bond motifs is 2. The summed E-state index contributed by atoms with van der Waals surface area (Å²) < 4.78 is 0. The van der Waals surface area contributed by atoms with Gasteiger partial charge in [-0.25, -0.2) is 4.98 Å². The summed E-state index contributed by atoms with van der Waals surface area (Å²) in [7, 11) is 0. The van der Waals surface area contributed by atoms with E-state index < -0.39 is 5.97 Å². The molecular formula is C36H42N4O4S. The maximum atomic E-state index is 13.8. The SMILES string of the molecule is CC(C)(C)[C@H]1CCc2nc3sc(C(=O)NC(CCN4CCC(C(=O)O)CC4)c4ccc(-c5ccc(=O)[nH]c5)cc4)cc3cc2C1. The van der Waals surface area contributed by atoms with E-state index >= 15 is 0 Å². The van der Waals surface area contributed by atoms with Crippen LogP contribution >= 0.6 is 11.3 Å². The monoisotopic (exact) mass is 626 g/mol. The Hall–Kier alpha value is -3.82. The number of aromatic nitrogens is 2. The van der Waals surface area contributed by atoms with E-state index in [0.717, 1.165) is 65.8 Å². The smallest absolute Gasteiger partial charge is 0.306 e. The molecule has 0 radical (unpaired) electrons. The van der Waals surface area contributed by atoms with Gasteiger partial charge in [0.2, 0.25) is 5.56 Å². The van der Waals surface area contributed by atoms with Crippen LogP contribution in [0.4, 0.5) is 0 Å². The highest BCUT2D eigenvalue weighted by molar-refractivity contribution is 7.20. The van der Waals surface area contributed by atoms with Crippen LogP contribution in [0.1, 0.15) is 79.0 Å². The molecule has 1 amide bonds. The molecule has 4 aromatic rings. The summed E-state index contributed by atoms with van der Waals surface area (Å²) in [6.07, 6.45) is 6.85. The minimum absolute atomic E-state index is 0.108. The van der Waals surface area contributed by atoms with E-state index in [9.17, 15) is 19.5 Å². The Morgan fingerprint density at radius 2 is 1.80 bits per heavy atom. The first-order chi connectivity index (χ1) is 21.5. The van der Waals surface area contributed by atoms with Gasteiger partial charge in [-0.05, 0) is 103 Å². The van der Waals surface area contributed by atoms with Gasteiger partial charge in [-0.1, -0.05) is 45.0 Å². The van der Waals surface area contributed by atoms with Gasteiger partial charge in [-0.3, -0.25) is 14.4 Å². The van der Waals surface area contributed by atoms with Gasteiger partial charge >= 0.3 is 5.97 Å². The number of amides is 1. The highest BCUT2D eigenvalue weighted by Gasteiger charge is 2.30. The van der Waals surface area contributed by atoms with Crippen molar-refractivity contribution in [3.63, 3.8) is 0 Å². The largest absolute Gasteiger partial charge is 0.481 e. The van der Waals surface area contributed by atoms with Gasteiger partial charge < -0.3 is 20.3 Å². The minimum Gasteiger partial charge on any atom is -0.481 e. The number of carbonyl (C=O) groups excluding carboxylic acids is 1. The molecule has 6 rings (SSSR count). The molecule has 3 aromatic heterocycles. The van der Waals surface area contributed by atoms with E-state index in [0.29, 0.717) is 30.1 Å². The number of aliphatic carboxylic acids is 1. The zero-order chi connectivity index (χ0) is 31.7. The fraction of sp³-hybridized carbons (Fsp3) is 0.444. The molecule has 2 atom stereocenters. The predicted molar refractivity (Wildman–Crippen MR) is 179 cm³/mol. The lowest BCUT2D eigenvalue weighted by molar-refractivity contribution is -0.143. The van der Waals surface area contributed by atoms with Crippen LogP contribution < -0.4 is 10.9 Å². The van der Waals surface area contributed by atoms with E-state index in [4.69, 9.17) is 4.98 Å². The molecule has 2 aliphatic rings. The van der Waals surface area contributed by atoms with Crippen LogP contribution in [0.15, 0.2) is 59.5 Å². The molecule has 1 aromatic carbocycles. The minimum atomic E-state index is -0.713. The summed E-state index contributed by atoms with van der Waals surface area (Å²) in [5.41, 5.74) is 5.48. The van der Waals surface area contributed by atoms with Crippen LogP contribution in [0.2, 0.25) is 0 Å². The van der Waals surface area contributed by atoms with Gasteiger partial charge in [0.1, 0.15) is 4.83 Å². The highest BCUT2D eigenvalue weighted by Crippen LogP contribution is 2.38. The Balaban J connectivity index is 1.20. The summed E-state index contributed by atoms with van der Waals surface area (Å²) in [5, 5.41) is 13.7. The zero-order valence-corrected chi connectivity index (χ0v) is 27.1. The average Bonchev–Trinajstić information content (AvgIpc) is 3.45. The number of nitrogens with zero attached hydrogens (tertiary/aromatic N) is 2. The molecule has 3 N–H and O–H groups in total.